The normalized spacial score (nSPS) is 23.6. The number of halogens is 3. The maximum atomic E-state index is 12.7. The van der Waals surface area contributed by atoms with E-state index in [0.29, 0.717) is 5.52 Å². The number of fused-ring (bicyclic) bond motifs is 1. The van der Waals surface area contributed by atoms with Gasteiger partial charge in [-0.1, -0.05) is 6.92 Å². The van der Waals surface area contributed by atoms with Crippen molar-refractivity contribution in [2.75, 3.05) is 13.1 Å². The Bertz CT molecular complexity index is 716. The van der Waals surface area contributed by atoms with Gasteiger partial charge in [0.15, 0.2) is 0 Å². The van der Waals surface area contributed by atoms with Gasteiger partial charge in [-0.25, -0.2) is 4.79 Å². The van der Waals surface area contributed by atoms with Crippen LogP contribution in [-0.4, -0.2) is 22.6 Å². The third kappa shape index (κ3) is 2.46. The second-order valence-corrected chi connectivity index (χ2v) is 5.57. The Morgan fingerprint density at radius 2 is 2.10 bits per heavy atom. The number of aromatic nitrogens is 2. The van der Waals surface area contributed by atoms with Gasteiger partial charge in [0, 0.05) is 6.04 Å². The smallest absolute Gasteiger partial charge is 0.316 e. The predicted molar refractivity (Wildman–Crippen MR) is 73.2 cm³/mol. The fourth-order valence-corrected chi connectivity index (χ4v) is 3.02. The van der Waals surface area contributed by atoms with Crippen molar-refractivity contribution in [2.24, 2.45) is 5.92 Å². The lowest BCUT2D eigenvalue weighted by atomic mass is 9.95. The van der Waals surface area contributed by atoms with Crippen molar-refractivity contribution in [2.45, 2.75) is 25.6 Å². The average molecular weight is 299 g/mol. The second-order valence-electron chi connectivity index (χ2n) is 5.57. The molecular formula is C14H16F3N3O. The third-order valence-corrected chi connectivity index (χ3v) is 4.12. The summed E-state index contributed by atoms with van der Waals surface area (Å²) in [5.41, 5.74) is -0.322. The highest BCUT2D eigenvalue weighted by atomic mass is 19.4. The number of H-pyrrole nitrogens is 1. The number of nitrogens with zero attached hydrogens (tertiary/aromatic N) is 1. The highest BCUT2D eigenvalue weighted by Gasteiger charge is 2.32. The molecule has 114 valence electrons. The zero-order chi connectivity index (χ0) is 15.2. The van der Waals surface area contributed by atoms with Gasteiger partial charge in [-0.2, -0.15) is 13.2 Å². The fraction of sp³-hybridized carbons (Fsp3) is 0.500. The number of piperidine rings is 1. The van der Waals surface area contributed by atoms with Gasteiger partial charge in [-0.05, 0) is 43.6 Å². The zero-order valence-corrected chi connectivity index (χ0v) is 11.5. The number of rotatable bonds is 1. The topological polar surface area (TPSA) is 49.8 Å². The number of nitrogens with one attached hydrogen (secondary N) is 2. The third-order valence-electron chi connectivity index (χ3n) is 4.12. The molecule has 0 radical (unpaired) electrons. The Kier molecular flexibility index (Phi) is 3.32. The molecule has 2 atom stereocenters. The summed E-state index contributed by atoms with van der Waals surface area (Å²) in [7, 11) is 0. The van der Waals surface area contributed by atoms with Crippen LogP contribution in [0.1, 0.15) is 24.9 Å². The zero-order valence-electron chi connectivity index (χ0n) is 11.5. The van der Waals surface area contributed by atoms with Crippen molar-refractivity contribution in [3.8, 4) is 0 Å². The van der Waals surface area contributed by atoms with Crippen molar-refractivity contribution in [3.05, 3.63) is 34.2 Å². The summed E-state index contributed by atoms with van der Waals surface area (Å²) in [5, 5.41) is 3.25. The molecule has 2 unspecified atom stereocenters. The van der Waals surface area contributed by atoms with E-state index < -0.39 is 11.7 Å². The monoisotopic (exact) mass is 299 g/mol. The molecule has 0 aliphatic carbocycles. The van der Waals surface area contributed by atoms with E-state index >= 15 is 0 Å². The van der Waals surface area contributed by atoms with Crippen molar-refractivity contribution < 1.29 is 13.2 Å². The summed E-state index contributed by atoms with van der Waals surface area (Å²) in [5.74, 6) is 0.248. The largest absolute Gasteiger partial charge is 0.416 e. The predicted octanol–water partition coefficient (Wildman–Crippen LogP) is 2.52. The van der Waals surface area contributed by atoms with Crippen molar-refractivity contribution in [1.29, 1.82) is 0 Å². The molecule has 1 saturated heterocycles. The summed E-state index contributed by atoms with van der Waals surface area (Å²) < 4.78 is 39.8. The van der Waals surface area contributed by atoms with Gasteiger partial charge < -0.3 is 10.3 Å². The van der Waals surface area contributed by atoms with Crippen LogP contribution < -0.4 is 11.0 Å². The molecular weight excluding hydrogens is 283 g/mol. The quantitative estimate of drug-likeness (QED) is 0.850. The molecule has 1 aromatic heterocycles. The summed E-state index contributed by atoms with van der Waals surface area (Å²) >= 11 is 0. The number of alkyl halides is 3. The highest BCUT2D eigenvalue weighted by molar-refractivity contribution is 5.76. The van der Waals surface area contributed by atoms with Crippen molar-refractivity contribution in [1.82, 2.24) is 14.9 Å². The first-order chi connectivity index (χ1) is 9.88. The van der Waals surface area contributed by atoms with E-state index in [1.165, 1.54) is 6.07 Å². The lowest BCUT2D eigenvalue weighted by molar-refractivity contribution is -0.137. The molecule has 0 saturated carbocycles. The van der Waals surface area contributed by atoms with E-state index in [1.807, 2.05) is 6.92 Å². The lowest BCUT2D eigenvalue weighted by Crippen LogP contribution is -2.39. The van der Waals surface area contributed by atoms with E-state index in [-0.39, 0.29) is 23.2 Å². The molecule has 0 bridgehead atoms. The average Bonchev–Trinajstić information content (AvgIpc) is 2.73. The number of aromatic amines is 1. The van der Waals surface area contributed by atoms with Crippen LogP contribution in [0, 0.1) is 5.92 Å². The first-order valence-electron chi connectivity index (χ1n) is 6.90. The molecule has 2 heterocycles. The molecule has 2 N–H and O–H groups in total. The fourth-order valence-electron chi connectivity index (χ4n) is 3.02. The Morgan fingerprint density at radius 1 is 1.33 bits per heavy atom. The van der Waals surface area contributed by atoms with Gasteiger partial charge >= 0.3 is 11.9 Å². The van der Waals surface area contributed by atoms with E-state index in [4.69, 9.17) is 0 Å². The van der Waals surface area contributed by atoms with E-state index in [2.05, 4.69) is 10.3 Å². The Morgan fingerprint density at radius 3 is 2.76 bits per heavy atom. The number of hydrogen-bond acceptors (Lipinski definition) is 2. The number of hydrogen-bond donors (Lipinski definition) is 2. The van der Waals surface area contributed by atoms with Crippen LogP contribution in [0.4, 0.5) is 13.2 Å². The molecule has 1 aromatic carbocycles. The Balaban J connectivity index is 2.12. The van der Waals surface area contributed by atoms with Gasteiger partial charge in [0.05, 0.1) is 16.6 Å². The molecule has 2 aromatic rings. The van der Waals surface area contributed by atoms with Crippen LogP contribution in [0.2, 0.25) is 0 Å². The summed E-state index contributed by atoms with van der Waals surface area (Å²) in [4.78, 5) is 14.7. The van der Waals surface area contributed by atoms with Gasteiger partial charge in [0.25, 0.3) is 0 Å². The van der Waals surface area contributed by atoms with Gasteiger partial charge in [-0.15, -0.1) is 0 Å². The van der Waals surface area contributed by atoms with Gasteiger partial charge in [0.1, 0.15) is 0 Å². The van der Waals surface area contributed by atoms with E-state index in [1.54, 1.807) is 4.57 Å². The number of benzene rings is 1. The minimum atomic E-state index is -4.41. The van der Waals surface area contributed by atoms with E-state index in [0.717, 1.165) is 31.6 Å². The molecule has 1 aliphatic heterocycles. The summed E-state index contributed by atoms with van der Waals surface area (Å²) in [6, 6.07) is 3.41. The Labute approximate surface area is 119 Å². The maximum absolute atomic E-state index is 12.7. The highest BCUT2D eigenvalue weighted by Crippen LogP contribution is 2.32. The first kappa shape index (κ1) is 14.2. The SMILES string of the molecule is CC1CNCCC1n1c(=O)[nH]c2cc(C(F)(F)F)ccc21. The molecule has 21 heavy (non-hydrogen) atoms. The van der Waals surface area contributed by atoms with Crippen LogP contribution in [0.15, 0.2) is 23.0 Å². The Hall–Kier alpha value is -1.76. The molecule has 4 nitrogen and oxygen atoms in total. The molecule has 1 aliphatic rings. The van der Waals surface area contributed by atoms with Crippen LogP contribution in [0.5, 0.6) is 0 Å². The van der Waals surface area contributed by atoms with Crippen LogP contribution >= 0.6 is 0 Å². The van der Waals surface area contributed by atoms with Crippen LogP contribution in [0.25, 0.3) is 11.0 Å². The lowest BCUT2D eigenvalue weighted by Gasteiger charge is -2.30. The van der Waals surface area contributed by atoms with Crippen molar-refractivity contribution in [3.63, 3.8) is 0 Å². The molecule has 1 fully saturated rings. The van der Waals surface area contributed by atoms with Crippen LogP contribution in [-0.2, 0) is 6.18 Å². The summed E-state index contributed by atoms with van der Waals surface area (Å²) in [6.45, 7) is 3.63. The molecule has 7 heteroatoms. The molecule has 0 spiro atoms. The van der Waals surface area contributed by atoms with Gasteiger partial charge in [0.2, 0.25) is 0 Å². The van der Waals surface area contributed by atoms with Gasteiger partial charge in [-0.3, -0.25) is 4.57 Å². The van der Waals surface area contributed by atoms with Crippen LogP contribution in [0.3, 0.4) is 0 Å². The molecule has 3 rings (SSSR count). The molecule has 0 amide bonds. The van der Waals surface area contributed by atoms with Crippen molar-refractivity contribution >= 4 is 11.0 Å². The number of imidazole rings is 1. The standard InChI is InChI=1S/C14H16F3N3O/c1-8-7-18-5-4-11(8)20-12-3-2-9(14(15,16)17)6-10(12)19-13(20)21/h2-3,6,8,11,18H,4-5,7H2,1H3,(H,19,21). The second kappa shape index (κ2) is 4.91. The minimum Gasteiger partial charge on any atom is -0.316 e. The van der Waals surface area contributed by atoms with E-state index in [9.17, 15) is 18.0 Å². The minimum absolute atomic E-state index is 0.00392. The first-order valence-corrected chi connectivity index (χ1v) is 6.90. The maximum Gasteiger partial charge on any atom is 0.416 e. The summed E-state index contributed by atoms with van der Waals surface area (Å²) in [6.07, 6.45) is -3.62.